The van der Waals surface area contributed by atoms with Gasteiger partial charge in [-0.1, -0.05) is 0 Å². The zero-order valence-electron chi connectivity index (χ0n) is 14.2. The van der Waals surface area contributed by atoms with Crippen molar-refractivity contribution in [2.75, 3.05) is 26.3 Å². The molecule has 5 nitrogen and oxygen atoms in total. The maximum atomic E-state index is 13.0. The maximum Gasteiger partial charge on any atom is 0.240 e. The highest BCUT2D eigenvalue weighted by Crippen LogP contribution is 2.32. The molecule has 1 amide bonds. The van der Waals surface area contributed by atoms with Crippen molar-refractivity contribution < 1.29 is 14.3 Å². The Hall–Kier alpha value is -0.650. The summed E-state index contributed by atoms with van der Waals surface area (Å²) in [5, 5.41) is 0. The molecule has 0 aromatic carbocycles. The molecular weight excluding hydrogens is 280 g/mol. The number of hydrogen-bond donors (Lipinski definition) is 0. The van der Waals surface area contributed by atoms with Crippen molar-refractivity contribution in [3.63, 3.8) is 0 Å². The third-order valence-corrected chi connectivity index (χ3v) is 5.73. The number of carbonyl (C=O) groups is 1. The van der Waals surface area contributed by atoms with Gasteiger partial charge in [-0.3, -0.25) is 9.69 Å². The zero-order chi connectivity index (χ0) is 15.7. The molecule has 0 N–H and O–H groups in total. The summed E-state index contributed by atoms with van der Waals surface area (Å²) in [6.45, 7) is 9.60. The van der Waals surface area contributed by atoms with Crippen LogP contribution >= 0.6 is 0 Å². The Morgan fingerprint density at radius 3 is 2.18 bits per heavy atom. The summed E-state index contributed by atoms with van der Waals surface area (Å²) in [7, 11) is 0. The quantitative estimate of drug-likeness (QED) is 0.782. The highest BCUT2D eigenvalue weighted by Gasteiger charge is 2.42. The first-order valence-corrected chi connectivity index (χ1v) is 8.86. The number of piperidine rings is 2. The van der Waals surface area contributed by atoms with Crippen LogP contribution in [0.5, 0.6) is 0 Å². The number of nitrogens with zero attached hydrogens (tertiary/aromatic N) is 2. The van der Waals surface area contributed by atoms with Gasteiger partial charge in [0.2, 0.25) is 5.91 Å². The Balaban J connectivity index is 1.59. The fourth-order valence-corrected chi connectivity index (χ4v) is 4.27. The van der Waals surface area contributed by atoms with E-state index in [0.29, 0.717) is 31.2 Å². The van der Waals surface area contributed by atoms with E-state index >= 15 is 0 Å². The van der Waals surface area contributed by atoms with Crippen molar-refractivity contribution in [3.8, 4) is 0 Å². The van der Waals surface area contributed by atoms with Crippen LogP contribution in [0.4, 0.5) is 0 Å². The number of amides is 1. The summed E-state index contributed by atoms with van der Waals surface area (Å²) in [6.07, 6.45) is 5.24. The van der Waals surface area contributed by atoms with Gasteiger partial charge >= 0.3 is 0 Å². The molecule has 1 spiro atoms. The van der Waals surface area contributed by atoms with Crippen LogP contribution in [-0.4, -0.2) is 65.9 Å². The summed E-state index contributed by atoms with van der Waals surface area (Å²) >= 11 is 0. The SMILES string of the molecule is C[C@H](C(=O)N1[C@@H](C)CCC[C@@H]1C)N1CCC2(CC1)OCCO2. The van der Waals surface area contributed by atoms with Crippen LogP contribution in [0.2, 0.25) is 0 Å². The third kappa shape index (κ3) is 3.03. The maximum absolute atomic E-state index is 13.0. The number of likely N-dealkylation sites (tertiary alicyclic amines) is 2. The molecule has 3 fully saturated rings. The van der Waals surface area contributed by atoms with E-state index in [1.165, 1.54) is 6.42 Å². The average molecular weight is 310 g/mol. The molecule has 3 atom stereocenters. The van der Waals surface area contributed by atoms with Crippen LogP contribution < -0.4 is 0 Å². The lowest BCUT2D eigenvalue weighted by atomic mass is 9.95. The second-order valence-electron chi connectivity index (χ2n) is 7.19. The lowest BCUT2D eigenvalue weighted by Crippen LogP contribution is -2.57. The number of rotatable bonds is 2. The highest BCUT2D eigenvalue weighted by atomic mass is 16.7. The minimum Gasteiger partial charge on any atom is -0.347 e. The second-order valence-corrected chi connectivity index (χ2v) is 7.19. The Labute approximate surface area is 133 Å². The van der Waals surface area contributed by atoms with Crippen molar-refractivity contribution in [1.29, 1.82) is 0 Å². The van der Waals surface area contributed by atoms with Gasteiger partial charge < -0.3 is 14.4 Å². The predicted molar refractivity (Wildman–Crippen MR) is 84.5 cm³/mol. The van der Waals surface area contributed by atoms with Gasteiger partial charge in [-0.25, -0.2) is 0 Å². The van der Waals surface area contributed by atoms with E-state index in [9.17, 15) is 4.79 Å². The van der Waals surface area contributed by atoms with Gasteiger partial charge in [0.05, 0.1) is 19.3 Å². The first-order chi connectivity index (χ1) is 10.5. The van der Waals surface area contributed by atoms with Crippen LogP contribution in [-0.2, 0) is 14.3 Å². The number of carbonyl (C=O) groups excluding carboxylic acids is 1. The zero-order valence-corrected chi connectivity index (χ0v) is 14.2. The monoisotopic (exact) mass is 310 g/mol. The number of ether oxygens (including phenoxy) is 2. The molecule has 0 bridgehead atoms. The van der Waals surface area contributed by atoms with Crippen molar-refractivity contribution >= 4 is 5.91 Å². The van der Waals surface area contributed by atoms with Crippen molar-refractivity contribution in [1.82, 2.24) is 9.80 Å². The minimum absolute atomic E-state index is 0.0400. The Bertz CT molecular complexity index is 389. The molecule has 3 saturated heterocycles. The Kier molecular flexibility index (Phi) is 4.76. The van der Waals surface area contributed by atoms with E-state index in [-0.39, 0.29) is 11.8 Å². The van der Waals surface area contributed by atoms with Gasteiger partial charge in [-0.15, -0.1) is 0 Å². The van der Waals surface area contributed by atoms with Gasteiger partial charge in [0.25, 0.3) is 0 Å². The van der Waals surface area contributed by atoms with Crippen molar-refractivity contribution in [2.24, 2.45) is 0 Å². The summed E-state index contributed by atoms with van der Waals surface area (Å²) in [5.41, 5.74) is 0. The Morgan fingerprint density at radius 2 is 1.64 bits per heavy atom. The van der Waals surface area contributed by atoms with Gasteiger partial charge in [0.15, 0.2) is 5.79 Å². The first kappa shape index (κ1) is 16.2. The van der Waals surface area contributed by atoms with Gasteiger partial charge in [0.1, 0.15) is 0 Å². The van der Waals surface area contributed by atoms with Crippen LogP contribution in [0.1, 0.15) is 52.9 Å². The Morgan fingerprint density at radius 1 is 1.09 bits per heavy atom. The van der Waals surface area contributed by atoms with E-state index in [1.54, 1.807) is 0 Å². The minimum atomic E-state index is -0.356. The summed E-state index contributed by atoms with van der Waals surface area (Å²) < 4.78 is 11.6. The van der Waals surface area contributed by atoms with Crippen molar-refractivity contribution in [2.45, 2.75) is 76.8 Å². The lowest BCUT2D eigenvalue weighted by molar-refractivity contribution is -0.189. The molecule has 0 saturated carbocycles. The van der Waals surface area contributed by atoms with Gasteiger partial charge in [0, 0.05) is 38.0 Å². The second kappa shape index (κ2) is 6.46. The van der Waals surface area contributed by atoms with Gasteiger partial charge in [-0.05, 0) is 40.0 Å². The van der Waals surface area contributed by atoms with Crippen LogP contribution in [0.3, 0.4) is 0 Å². The molecule has 0 aromatic rings. The van der Waals surface area contributed by atoms with E-state index in [2.05, 4.69) is 30.6 Å². The molecule has 0 unspecified atom stereocenters. The van der Waals surface area contributed by atoms with E-state index in [0.717, 1.165) is 38.8 Å². The molecular formula is C17H30N2O3. The van der Waals surface area contributed by atoms with Gasteiger partial charge in [-0.2, -0.15) is 0 Å². The summed E-state index contributed by atoms with van der Waals surface area (Å²) in [6, 6.07) is 0.703. The summed E-state index contributed by atoms with van der Waals surface area (Å²) in [4.78, 5) is 17.4. The first-order valence-electron chi connectivity index (χ1n) is 8.86. The van der Waals surface area contributed by atoms with Crippen LogP contribution in [0.15, 0.2) is 0 Å². The molecule has 0 aliphatic carbocycles. The smallest absolute Gasteiger partial charge is 0.240 e. The molecule has 5 heteroatoms. The molecule has 22 heavy (non-hydrogen) atoms. The third-order valence-electron chi connectivity index (χ3n) is 5.73. The molecule has 3 aliphatic rings. The molecule has 3 heterocycles. The highest BCUT2D eigenvalue weighted by molar-refractivity contribution is 5.82. The standard InChI is InChI=1S/C17H30N2O3/c1-13-5-4-6-14(2)19(13)16(20)15(3)18-9-7-17(8-10-18)21-11-12-22-17/h13-15H,4-12H2,1-3H3/t13-,14-,15+/m0/s1. The predicted octanol–water partition coefficient (Wildman–Crippen LogP) is 2.00. The topological polar surface area (TPSA) is 42.0 Å². The van der Waals surface area contributed by atoms with E-state index in [1.807, 2.05) is 0 Å². The fourth-order valence-electron chi connectivity index (χ4n) is 4.27. The van der Waals surface area contributed by atoms with Crippen LogP contribution in [0.25, 0.3) is 0 Å². The molecule has 3 aliphatic heterocycles. The summed E-state index contributed by atoms with van der Waals surface area (Å²) in [5.74, 6) is -0.0609. The number of hydrogen-bond acceptors (Lipinski definition) is 4. The largest absolute Gasteiger partial charge is 0.347 e. The fraction of sp³-hybridized carbons (Fsp3) is 0.941. The van der Waals surface area contributed by atoms with E-state index in [4.69, 9.17) is 9.47 Å². The molecule has 3 rings (SSSR count). The average Bonchev–Trinajstić information content (AvgIpc) is 2.95. The molecule has 0 aromatic heterocycles. The van der Waals surface area contributed by atoms with E-state index < -0.39 is 0 Å². The lowest BCUT2D eigenvalue weighted by Gasteiger charge is -2.44. The van der Waals surface area contributed by atoms with Crippen molar-refractivity contribution in [3.05, 3.63) is 0 Å². The normalized spacial score (nSPS) is 34.0. The molecule has 126 valence electrons. The van der Waals surface area contributed by atoms with Crippen LogP contribution in [0, 0.1) is 0 Å². The molecule has 0 radical (unpaired) electrons.